The van der Waals surface area contributed by atoms with Gasteiger partial charge in [-0.1, -0.05) is 19.3 Å². The Bertz CT molecular complexity index is 536. The Kier molecular flexibility index (Phi) is 4.49. The molecule has 0 radical (unpaired) electrons. The van der Waals surface area contributed by atoms with Crippen molar-refractivity contribution in [1.29, 1.82) is 0 Å². The lowest BCUT2D eigenvalue weighted by Gasteiger charge is -2.21. The van der Waals surface area contributed by atoms with Crippen LogP contribution in [0.4, 0.5) is 4.39 Å². The fraction of sp³-hybridized carbons (Fsp3) is 0.583. The van der Waals surface area contributed by atoms with Crippen LogP contribution in [0.25, 0.3) is 0 Å². The van der Waals surface area contributed by atoms with Crippen molar-refractivity contribution >= 4 is 10.0 Å². The maximum absolute atomic E-state index is 13.0. The maximum atomic E-state index is 13.0. The summed E-state index contributed by atoms with van der Waals surface area (Å²) in [6.07, 6.45) is 5.24. The van der Waals surface area contributed by atoms with E-state index in [2.05, 4.69) is 9.71 Å². The molecule has 1 aliphatic carbocycles. The van der Waals surface area contributed by atoms with Crippen LogP contribution in [0.3, 0.4) is 0 Å². The number of nitrogens with one attached hydrogen (secondary N) is 1. The van der Waals surface area contributed by atoms with E-state index in [4.69, 9.17) is 0 Å². The highest BCUT2D eigenvalue weighted by Gasteiger charge is 2.27. The van der Waals surface area contributed by atoms with Crippen molar-refractivity contribution in [2.45, 2.75) is 49.1 Å². The molecule has 1 aromatic rings. The van der Waals surface area contributed by atoms with Gasteiger partial charge < -0.3 is 5.11 Å². The Morgan fingerprint density at radius 1 is 1.26 bits per heavy atom. The monoisotopic (exact) mass is 288 g/mol. The Hall–Kier alpha value is -1.05. The average Bonchev–Trinajstić information content (AvgIpc) is 2.55. The quantitative estimate of drug-likeness (QED) is 0.819. The molecule has 1 saturated carbocycles. The largest absolute Gasteiger partial charge is 0.391 e. The highest BCUT2D eigenvalue weighted by molar-refractivity contribution is 7.89. The van der Waals surface area contributed by atoms with E-state index in [1.54, 1.807) is 0 Å². The number of hydrogen-bond donors (Lipinski definition) is 2. The van der Waals surface area contributed by atoms with Gasteiger partial charge in [-0.2, -0.15) is 0 Å². The summed E-state index contributed by atoms with van der Waals surface area (Å²) in [5.41, 5.74) is 0. The van der Waals surface area contributed by atoms with Crippen molar-refractivity contribution in [3.63, 3.8) is 0 Å². The zero-order valence-electron chi connectivity index (χ0n) is 10.4. The third-order valence-electron chi connectivity index (χ3n) is 3.28. The highest BCUT2D eigenvalue weighted by Crippen LogP contribution is 2.20. The first kappa shape index (κ1) is 14.4. The lowest BCUT2D eigenvalue weighted by molar-refractivity contribution is 0.130. The Morgan fingerprint density at radius 2 is 2.00 bits per heavy atom. The summed E-state index contributed by atoms with van der Waals surface area (Å²) in [6, 6.07) is 0.397. The van der Waals surface area contributed by atoms with Crippen LogP contribution in [-0.4, -0.2) is 30.7 Å². The molecule has 0 aromatic carbocycles. The summed E-state index contributed by atoms with van der Waals surface area (Å²) in [4.78, 5) is 3.31. The van der Waals surface area contributed by atoms with Crippen LogP contribution >= 0.6 is 0 Å². The number of nitrogens with zero attached hydrogens (tertiary/aromatic N) is 1. The molecule has 2 rings (SSSR count). The molecule has 0 spiro atoms. The summed E-state index contributed by atoms with van der Waals surface area (Å²) in [7, 11) is -3.84. The van der Waals surface area contributed by atoms with E-state index >= 15 is 0 Å². The molecule has 106 valence electrons. The van der Waals surface area contributed by atoms with Gasteiger partial charge in [-0.3, -0.25) is 4.98 Å². The van der Waals surface area contributed by atoms with Gasteiger partial charge in [-0.25, -0.2) is 17.5 Å². The van der Waals surface area contributed by atoms with Crippen molar-refractivity contribution in [3.8, 4) is 0 Å². The first-order valence-electron chi connectivity index (χ1n) is 6.30. The Balaban J connectivity index is 2.16. The van der Waals surface area contributed by atoms with Crippen molar-refractivity contribution in [2.24, 2.45) is 0 Å². The van der Waals surface area contributed by atoms with Gasteiger partial charge in [-0.05, 0) is 18.9 Å². The fourth-order valence-electron chi connectivity index (χ4n) is 2.23. The number of halogens is 1. The molecule has 1 aliphatic rings. The summed E-state index contributed by atoms with van der Waals surface area (Å²) in [6.45, 7) is 0. The lowest BCUT2D eigenvalue weighted by Crippen LogP contribution is -2.42. The number of pyridine rings is 1. The van der Waals surface area contributed by atoms with Gasteiger partial charge in [0.1, 0.15) is 10.7 Å². The van der Waals surface area contributed by atoms with Crippen LogP contribution < -0.4 is 4.72 Å². The van der Waals surface area contributed by atoms with Crippen molar-refractivity contribution < 1.29 is 17.9 Å². The summed E-state index contributed by atoms with van der Waals surface area (Å²) < 4.78 is 39.6. The third kappa shape index (κ3) is 3.71. The molecule has 19 heavy (non-hydrogen) atoms. The molecule has 0 saturated heterocycles. The normalized spacial score (nSPS) is 24.9. The third-order valence-corrected chi connectivity index (χ3v) is 4.73. The molecular weight excluding hydrogens is 271 g/mol. The van der Waals surface area contributed by atoms with Gasteiger partial charge in [0.2, 0.25) is 10.0 Å². The standard InChI is InChI=1S/C12H17FN2O3S/c13-9-6-10(8-14-7-9)19(17,18)15-11-4-2-1-3-5-12(11)16/h6-8,11-12,15-16H,1-5H2. The van der Waals surface area contributed by atoms with Crippen LogP contribution in [0.15, 0.2) is 23.4 Å². The van der Waals surface area contributed by atoms with Crippen LogP contribution in [0.1, 0.15) is 32.1 Å². The van der Waals surface area contributed by atoms with Gasteiger partial charge >= 0.3 is 0 Å². The van der Waals surface area contributed by atoms with Crippen LogP contribution in [-0.2, 0) is 10.0 Å². The van der Waals surface area contributed by atoms with Crippen LogP contribution in [0, 0.1) is 5.82 Å². The molecule has 1 fully saturated rings. The van der Waals surface area contributed by atoms with E-state index < -0.39 is 28.0 Å². The number of hydrogen-bond acceptors (Lipinski definition) is 4. The van der Waals surface area contributed by atoms with E-state index in [9.17, 15) is 17.9 Å². The summed E-state index contributed by atoms with van der Waals surface area (Å²) in [5, 5.41) is 9.90. The van der Waals surface area contributed by atoms with Gasteiger partial charge in [-0.15, -0.1) is 0 Å². The number of rotatable bonds is 3. The molecule has 0 aliphatic heterocycles. The predicted octanol–water partition coefficient (Wildman–Crippen LogP) is 1.19. The minimum atomic E-state index is -3.84. The zero-order valence-corrected chi connectivity index (χ0v) is 11.2. The van der Waals surface area contributed by atoms with Crippen molar-refractivity contribution in [2.75, 3.05) is 0 Å². The number of aliphatic hydroxyl groups excluding tert-OH is 1. The molecule has 2 unspecified atom stereocenters. The second-order valence-corrected chi connectivity index (χ2v) is 6.49. The zero-order chi connectivity index (χ0) is 13.9. The fourth-order valence-corrected chi connectivity index (χ4v) is 3.51. The lowest BCUT2D eigenvalue weighted by atomic mass is 10.1. The Labute approximate surface area is 111 Å². The molecular formula is C12H17FN2O3S. The van der Waals surface area contributed by atoms with Crippen LogP contribution in [0.2, 0.25) is 0 Å². The molecule has 1 aromatic heterocycles. The molecule has 5 nitrogen and oxygen atoms in total. The number of sulfonamides is 1. The van der Waals surface area contributed by atoms with E-state index in [0.29, 0.717) is 12.8 Å². The second-order valence-electron chi connectivity index (χ2n) is 4.77. The van der Waals surface area contributed by atoms with E-state index in [-0.39, 0.29) is 4.90 Å². The van der Waals surface area contributed by atoms with Gasteiger partial charge in [0.15, 0.2) is 0 Å². The van der Waals surface area contributed by atoms with E-state index in [1.165, 1.54) is 0 Å². The topological polar surface area (TPSA) is 79.3 Å². The van der Waals surface area contributed by atoms with Crippen molar-refractivity contribution in [1.82, 2.24) is 9.71 Å². The van der Waals surface area contributed by atoms with E-state index in [0.717, 1.165) is 37.7 Å². The SMILES string of the molecule is O=S(=O)(NC1CCCCCC1O)c1cncc(F)c1. The summed E-state index contributed by atoms with van der Waals surface area (Å²) in [5.74, 6) is -0.704. The first-order chi connectivity index (χ1) is 8.99. The second kappa shape index (κ2) is 5.94. The van der Waals surface area contributed by atoms with Crippen LogP contribution in [0.5, 0.6) is 0 Å². The number of aromatic nitrogens is 1. The molecule has 2 N–H and O–H groups in total. The molecule has 2 atom stereocenters. The Morgan fingerprint density at radius 3 is 2.74 bits per heavy atom. The number of aliphatic hydroxyl groups is 1. The average molecular weight is 288 g/mol. The molecule has 1 heterocycles. The molecule has 0 bridgehead atoms. The predicted molar refractivity (Wildman–Crippen MR) is 67.4 cm³/mol. The smallest absolute Gasteiger partial charge is 0.242 e. The summed E-state index contributed by atoms with van der Waals surface area (Å²) >= 11 is 0. The maximum Gasteiger partial charge on any atom is 0.242 e. The van der Waals surface area contributed by atoms with E-state index in [1.807, 2.05) is 0 Å². The molecule has 7 heteroatoms. The van der Waals surface area contributed by atoms with Gasteiger partial charge in [0.25, 0.3) is 0 Å². The van der Waals surface area contributed by atoms with Crippen molar-refractivity contribution in [3.05, 3.63) is 24.3 Å². The minimum Gasteiger partial charge on any atom is -0.391 e. The van der Waals surface area contributed by atoms with Gasteiger partial charge in [0, 0.05) is 12.2 Å². The minimum absolute atomic E-state index is 0.219. The first-order valence-corrected chi connectivity index (χ1v) is 7.78. The molecule has 0 amide bonds. The highest BCUT2D eigenvalue weighted by atomic mass is 32.2. The van der Waals surface area contributed by atoms with Gasteiger partial charge in [0.05, 0.1) is 12.3 Å².